The van der Waals surface area contributed by atoms with E-state index in [4.69, 9.17) is 26.2 Å². The third-order valence-corrected chi connectivity index (χ3v) is 9.05. The Morgan fingerprint density at radius 1 is 1.08 bits per heavy atom. The minimum absolute atomic E-state index is 0.0158. The average Bonchev–Trinajstić information content (AvgIpc) is 3.66. The summed E-state index contributed by atoms with van der Waals surface area (Å²) in [7, 11) is 3.29. The number of aromatic nitrogens is 2. The SMILES string of the molecule is COc1cc2c(cc1OC)C(c1cccs1)N(C(=O)c1cc3c(C)nn(-c4ccc(Cl)cc4)c3s1)CC2. The monoisotopic (exact) mass is 549 g/mol. The number of rotatable bonds is 5. The van der Waals surface area contributed by atoms with Gasteiger partial charge in [0.15, 0.2) is 11.5 Å². The zero-order valence-corrected chi connectivity index (χ0v) is 22.9. The highest BCUT2D eigenvalue weighted by atomic mass is 35.5. The Kier molecular flexibility index (Phi) is 6.18. The molecule has 1 amide bonds. The molecular formula is C28H24ClN3O3S2. The van der Waals surface area contributed by atoms with E-state index in [-0.39, 0.29) is 11.9 Å². The van der Waals surface area contributed by atoms with Crippen molar-refractivity contribution in [3.8, 4) is 17.2 Å². The average molecular weight is 550 g/mol. The number of methoxy groups -OCH3 is 2. The second kappa shape index (κ2) is 9.52. The number of benzene rings is 2. The van der Waals surface area contributed by atoms with Gasteiger partial charge < -0.3 is 14.4 Å². The summed E-state index contributed by atoms with van der Waals surface area (Å²) in [6.45, 7) is 2.58. The van der Waals surface area contributed by atoms with Crippen LogP contribution in [0.4, 0.5) is 0 Å². The smallest absolute Gasteiger partial charge is 0.264 e. The highest BCUT2D eigenvalue weighted by Gasteiger charge is 2.35. The van der Waals surface area contributed by atoms with Gasteiger partial charge in [0.2, 0.25) is 0 Å². The summed E-state index contributed by atoms with van der Waals surface area (Å²) in [5.74, 6) is 1.39. The molecule has 37 heavy (non-hydrogen) atoms. The Morgan fingerprint density at radius 2 is 1.84 bits per heavy atom. The number of hydrogen-bond acceptors (Lipinski definition) is 6. The van der Waals surface area contributed by atoms with Gasteiger partial charge in [0, 0.05) is 21.8 Å². The number of nitrogens with zero attached hydrogens (tertiary/aromatic N) is 3. The molecule has 0 aliphatic carbocycles. The van der Waals surface area contributed by atoms with E-state index in [1.807, 2.05) is 65.0 Å². The molecule has 0 spiro atoms. The second-order valence-electron chi connectivity index (χ2n) is 8.88. The topological polar surface area (TPSA) is 56.6 Å². The molecule has 1 atom stereocenters. The highest BCUT2D eigenvalue weighted by molar-refractivity contribution is 7.20. The zero-order valence-electron chi connectivity index (χ0n) is 20.5. The maximum Gasteiger partial charge on any atom is 0.264 e. The second-order valence-corrected chi connectivity index (χ2v) is 11.3. The maximum absolute atomic E-state index is 14.1. The van der Waals surface area contributed by atoms with E-state index in [9.17, 15) is 4.79 Å². The van der Waals surface area contributed by atoms with Crippen molar-refractivity contribution < 1.29 is 14.3 Å². The molecule has 2 aromatic carbocycles. The maximum atomic E-state index is 14.1. The molecule has 6 nitrogen and oxygen atoms in total. The number of carbonyl (C=O) groups excluding carboxylic acids is 1. The molecule has 1 aliphatic rings. The largest absolute Gasteiger partial charge is 0.493 e. The first-order valence-corrected chi connectivity index (χ1v) is 13.9. The molecule has 0 radical (unpaired) electrons. The van der Waals surface area contributed by atoms with Crippen LogP contribution in [0.15, 0.2) is 60.0 Å². The predicted molar refractivity (Wildman–Crippen MR) is 149 cm³/mol. The van der Waals surface area contributed by atoms with Gasteiger partial charge in [-0.15, -0.1) is 22.7 Å². The minimum atomic E-state index is -0.199. The Hall–Kier alpha value is -3.33. The minimum Gasteiger partial charge on any atom is -0.493 e. The van der Waals surface area contributed by atoms with Crippen molar-refractivity contribution in [3.63, 3.8) is 0 Å². The van der Waals surface area contributed by atoms with Gasteiger partial charge in [-0.05, 0) is 78.4 Å². The van der Waals surface area contributed by atoms with Crippen molar-refractivity contribution in [2.45, 2.75) is 19.4 Å². The number of halogens is 1. The first-order chi connectivity index (χ1) is 18.0. The summed E-state index contributed by atoms with van der Waals surface area (Å²) < 4.78 is 13.0. The van der Waals surface area contributed by atoms with Gasteiger partial charge in [0.25, 0.3) is 5.91 Å². The summed E-state index contributed by atoms with van der Waals surface area (Å²) in [6.07, 6.45) is 0.742. The fourth-order valence-electron chi connectivity index (χ4n) is 4.97. The van der Waals surface area contributed by atoms with Crippen LogP contribution in [0.2, 0.25) is 5.02 Å². The van der Waals surface area contributed by atoms with Crippen LogP contribution >= 0.6 is 34.3 Å². The molecule has 0 N–H and O–H groups in total. The molecule has 6 rings (SSSR count). The van der Waals surface area contributed by atoms with Gasteiger partial charge >= 0.3 is 0 Å². The number of aryl methyl sites for hydroxylation is 1. The quantitative estimate of drug-likeness (QED) is 0.239. The van der Waals surface area contributed by atoms with Gasteiger partial charge in [-0.2, -0.15) is 5.10 Å². The summed E-state index contributed by atoms with van der Waals surface area (Å²) in [5, 5.41) is 8.43. The molecule has 0 fully saturated rings. The number of ether oxygens (including phenoxy) is 2. The van der Waals surface area contributed by atoms with Crippen LogP contribution in [-0.4, -0.2) is 41.4 Å². The predicted octanol–water partition coefficient (Wildman–Crippen LogP) is 6.92. The van der Waals surface area contributed by atoms with E-state index in [2.05, 4.69) is 11.4 Å². The molecule has 1 unspecified atom stereocenters. The van der Waals surface area contributed by atoms with Gasteiger partial charge in [0.05, 0.1) is 36.5 Å². The van der Waals surface area contributed by atoms with E-state index >= 15 is 0 Å². The van der Waals surface area contributed by atoms with Crippen LogP contribution in [0.5, 0.6) is 11.5 Å². The van der Waals surface area contributed by atoms with Crippen LogP contribution in [0.25, 0.3) is 15.9 Å². The molecule has 4 heterocycles. The first kappa shape index (κ1) is 24.0. The van der Waals surface area contributed by atoms with Gasteiger partial charge in [-0.3, -0.25) is 4.79 Å². The van der Waals surface area contributed by atoms with Crippen molar-refractivity contribution in [1.29, 1.82) is 0 Å². The normalized spacial score (nSPS) is 15.1. The van der Waals surface area contributed by atoms with Crippen molar-refractivity contribution in [3.05, 3.63) is 91.6 Å². The fourth-order valence-corrected chi connectivity index (χ4v) is 7.09. The highest BCUT2D eigenvalue weighted by Crippen LogP contribution is 2.43. The first-order valence-electron chi connectivity index (χ1n) is 11.8. The molecule has 188 valence electrons. The third kappa shape index (κ3) is 4.09. The van der Waals surface area contributed by atoms with E-state index in [1.165, 1.54) is 16.9 Å². The summed E-state index contributed by atoms with van der Waals surface area (Å²) in [6, 6.07) is 17.5. The molecule has 0 bridgehead atoms. The van der Waals surface area contributed by atoms with Gasteiger partial charge in [-0.1, -0.05) is 17.7 Å². The molecule has 5 aromatic rings. The van der Waals surface area contributed by atoms with E-state index in [1.54, 1.807) is 25.6 Å². The Bertz CT molecular complexity index is 1610. The third-order valence-electron chi connectivity index (χ3n) is 6.77. The van der Waals surface area contributed by atoms with Gasteiger partial charge in [-0.25, -0.2) is 4.68 Å². The summed E-state index contributed by atoms with van der Waals surface area (Å²) in [4.78, 5) is 18.8. The van der Waals surface area contributed by atoms with E-state index < -0.39 is 0 Å². The van der Waals surface area contributed by atoms with E-state index in [0.29, 0.717) is 27.9 Å². The van der Waals surface area contributed by atoms with Crippen LogP contribution in [0.1, 0.15) is 37.4 Å². The number of fused-ring (bicyclic) bond motifs is 2. The Morgan fingerprint density at radius 3 is 2.54 bits per heavy atom. The van der Waals surface area contributed by atoms with Crippen LogP contribution in [0.3, 0.4) is 0 Å². The van der Waals surface area contributed by atoms with Crippen molar-refractivity contribution in [2.75, 3.05) is 20.8 Å². The van der Waals surface area contributed by atoms with Crippen LogP contribution in [-0.2, 0) is 6.42 Å². The number of thiophene rings is 2. The fraction of sp³-hybridized carbons (Fsp3) is 0.214. The number of hydrogen-bond donors (Lipinski definition) is 0. The molecule has 1 aliphatic heterocycles. The Labute approximate surface area is 227 Å². The van der Waals surface area contributed by atoms with Crippen molar-refractivity contribution in [1.82, 2.24) is 14.7 Å². The lowest BCUT2D eigenvalue weighted by Crippen LogP contribution is -2.40. The molecule has 3 aromatic heterocycles. The van der Waals surface area contributed by atoms with Crippen molar-refractivity contribution in [2.24, 2.45) is 0 Å². The molecule has 0 saturated carbocycles. The Balaban J connectivity index is 1.43. The summed E-state index contributed by atoms with van der Waals surface area (Å²) >= 11 is 9.22. The molecular weight excluding hydrogens is 526 g/mol. The van der Waals surface area contributed by atoms with Gasteiger partial charge in [0.1, 0.15) is 4.83 Å². The van der Waals surface area contributed by atoms with E-state index in [0.717, 1.165) is 38.5 Å². The summed E-state index contributed by atoms with van der Waals surface area (Å²) in [5.41, 5.74) is 4.04. The number of amides is 1. The number of carbonyl (C=O) groups is 1. The lowest BCUT2D eigenvalue weighted by atomic mass is 9.90. The zero-order chi connectivity index (χ0) is 25.7. The van der Waals surface area contributed by atoms with Crippen LogP contribution in [0, 0.1) is 6.92 Å². The molecule has 0 saturated heterocycles. The van der Waals surface area contributed by atoms with Crippen molar-refractivity contribution >= 4 is 50.4 Å². The van der Waals surface area contributed by atoms with Crippen LogP contribution < -0.4 is 9.47 Å². The lowest BCUT2D eigenvalue weighted by molar-refractivity contribution is 0.0702. The standard InChI is InChI=1S/C28H24ClN3O3S2/c1-16-20-15-25(37-28(20)32(30-16)19-8-6-18(29)7-9-19)27(33)31-11-10-17-13-22(34-2)23(35-3)14-21(17)26(31)24-5-4-12-36-24/h4-9,12-15,26H,10-11H2,1-3H3. The molecule has 9 heteroatoms. The lowest BCUT2D eigenvalue weighted by Gasteiger charge is -2.37.